The summed E-state index contributed by atoms with van der Waals surface area (Å²) in [5.41, 5.74) is 0. The lowest BCUT2D eigenvalue weighted by atomic mass is 9.99. The first-order chi connectivity index (χ1) is 47.8. The molecule has 19 heteroatoms. The highest BCUT2D eigenvalue weighted by Gasteiger charge is 2.30. The van der Waals surface area contributed by atoms with Gasteiger partial charge in [0.1, 0.15) is 19.3 Å². The normalized spacial score (nSPS) is 14.3. The molecule has 3 unspecified atom stereocenters. The Labute approximate surface area is 607 Å². The topological polar surface area (TPSA) is 237 Å². The quantitative estimate of drug-likeness (QED) is 0.0222. The number of unbranched alkanes of at least 4 members (excludes halogenated alkanes) is 45. The van der Waals surface area contributed by atoms with Crippen molar-refractivity contribution in [1.82, 2.24) is 0 Å². The SMILES string of the molecule is CCCCCCCCCCCCCCCCC(=O)O[C@H](COC(=O)CCCCCCCCC(C)C)COP(=O)(O)OC[C@H](O)COP(=O)(O)OC[C@@H](COC(=O)CCCCCCCCCCCCCC(C)C)OC(=O)CCCCCCCCCCCCCCCCCCCCC(C)CC. The van der Waals surface area contributed by atoms with Crippen LogP contribution in [0, 0.1) is 17.8 Å². The van der Waals surface area contributed by atoms with Gasteiger partial charge in [0.2, 0.25) is 0 Å². The number of carbonyl (C=O) groups excluding carboxylic acids is 4. The molecule has 0 amide bonds. The van der Waals surface area contributed by atoms with Gasteiger partial charge in [0.05, 0.1) is 26.4 Å². The van der Waals surface area contributed by atoms with Crippen LogP contribution in [0.5, 0.6) is 0 Å². The summed E-state index contributed by atoms with van der Waals surface area (Å²) in [7, 11) is -9.92. The van der Waals surface area contributed by atoms with Crippen molar-refractivity contribution >= 4 is 39.5 Å². The van der Waals surface area contributed by atoms with E-state index >= 15 is 0 Å². The predicted octanol–water partition coefficient (Wildman–Crippen LogP) is 23.7. The molecule has 0 spiro atoms. The van der Waals surface area contributed by atoms with Crippen molar-refractivity contribution in [2.75, 3.05) is 39.6 Å². The molecule has 99 heavy (non-hydrogen) atoms. The Morgan fingerprint density at radius 1 is 0.293 bits per heavy atom. The summed E-state index contributed by atoms with van der Waals surface area (Å²) in [6.07, 6.45) is 58.4. The summed E-state index contributed by atoms with van der Waals surface area (Å²) < 4.78 is 68.6. The van der Waals surface area contributed by atoms with Crippen molar-refractivity contribution in [3.8, 4) is 0 Å². The van der Waals surface area contributed by atoms with Gasteiger partial charge in [-0.3, -0.25) is 37.3 Å². The number of carbonyl (C=O) groups is 4. The Kier molecular flexibility index (Phi) is 69.0. The molecule has 0 aliphatic heterocycles. The van der Waals surface area contributed by atoms with Crippen LogP contribution < -0.4 is 0 Å². The van der Waals surface area contributed by atoms with Gasteiger partial charge < -0.3 is 33.8 Å². The number of esters is 4. The van der Waals surface area contributed by atoms with Crippen LogP contribution in [0.4, 0.5) is 0 Å². The molecule has 3 N–H and O–H groups in total. The van der Waals surface area contributed by atoms with Crippen LogP contribution in [0.25, 0.3) is 0 Å². The van der Waals surface area contributed by atoms with Gasteiger partial charge in [0.25, 0.3) is 0 Å². The van der Waals surface area contributed by atoms with E-state index in [1.165, 1.54) is 218 Å². The molecule has 0 saturated heterocycles. The van der Waals surface area contributed by atoms with Gasteiger partial charge in [-0.05, 0) is 43.4 Å². The summed E-state index contributed by atoms with van der Waals surface area (Å²) >= 11 is 0. The van der Waals surface area contributed by atoms with Crippen molar-refractivity contribution in [1.29, 1.82) is 0 Å². The Bertz CT molecular complexity index is 1920. The lowest BCUT2D eigenvalue weighted by Crippen LogP contribution is -2.30. The van der Waals surface area contributed by atoms with E-state index in [1.54, 1.807) is 0 Å². The van der Waals surface area contributed by atoms with E-state index in [1.807, 2.05) is 0 Å². The van der Waals surface area contributed by atoms with Crippen LogP contribution in [-0.2, 0) is 65.4 Å². The minimum Gasteiger partial charge on any atom is -0.462 e. The Hall–Kier alpha value is -1.94. The third-order valence-corrected chi connectivity index (χ3v) is 20.9. The Balaban J connectivity index is 5.20. The van der Waals surface area contributed by atoms with E-state index in [9.17, 15) is 43.2 Å². The molecule has 0 saturated carbocycles. The standard InChI is InChI=1S/C80H156O17P2/c1-8-10-11-12-13-14-15-16-24-29-35-40-49-56-63-80(85)97-76(68-91-78(83)62-55-48-43-42-45-52-59-72(5)6)70-95-99(88,89)93-66-74(81)65-92-98(86,87)94-69-75(67-90-77(82)61-54-47-39-34-31-26-27-32-37-44-51-58-71(3)4)96-79(84)64-57-50-41-36-30-25-22-20-18-17-19-21-23-28-33-38-46-53-60-73(7)9-2/h71-76,81H,8-70H2,1-7H3,(H,86,87)(H,88,89)/t73?,74-,75-,76-/m1/s1. The van der Waals surface area contributed by atoms with E-state index in [0.29, 0.717) is 31.6 Å². The number of phosphoric ester groups is 2. The molecule has 0 rings (SSSR count). The fourth-order valence-corrected chi connectivity index (χ4v) is 13.9. The van der Waals surface area contributed by atoms with E-state index in [2.05, 4.69) is 48.5 Å². The zero-order valence-corrected chi connectivity index (χ0v) is 66.8. The first-order valence-electron chi connectivity index (χ1n) is 41.4. The second kappa shape index (κ2) is 70.4. The molecule has 0 aliphatic rings. The highest BCUT2D eigenvalue weighted by Crippen LogP contribution is 2.45. The summed E-state index contributed by atoms with van der Waals surface area (Å²) in [5.74, 6) is 0.207. The number of aliphatic hydroxyl groups is 1. The van der Waals surface area contributed by atoms with Gasteiger partial charge in [0.15, 0.2) is 12.2 Å². The Morgan fingerprint density at radius 3 is 0.768 bits per heavy atom. The van der Waals surface area contributed by atoms with Gasteiger partial charge in [-0.15, -0.1) is 0 Å². The van der Waals surface area contributed by atoms with E-state index in [-0.39, 0.29) is 25.7 Å². The predicted molar refractivity (Wildman–Crippen MR) is 405 cm³/mol. The number of aliphatic hydroxyl groups excluding tert-OH is 1. The molecule has 0 heterocycles. The number of hydrogen-bond donors (Lipinski definition) is 3. The molecule has 588 valence electrons. The molecule has 6 atom stereocenters. The number of rotatable bonds is 78. The number of phosphoric acid groups is 2. The third kappa shape index (κ3) is 72.8. The van der Waals surface area contributed by atoms with Gasteiger partial charge in [0, 0.05) is 25.7 Å². The first kappa shape index (κ1) is 97.1. The minimum absolute atomic E-state index is 0.107. The highest BCUT2D eigenvalue weighted by atomic mass is 31.2. The molecule has 17 nitrogen and oxygen atoms in total. The van der Waals surface area contributed by atoms with Crippen LogP contribution in [0.2, 0.25) is 0 Å². The smallest absolute Gasteiger partial charge is 0.462 e. The number of hydrogen-bond acceptors (Lipinski definition) is 15. The first-order valence-corrected chi connectivity index (χ1v) is 44.4. The fourth-order valence-electron chi connectivity index (χ4n) is 12.3. The summed E-state index contributed by atoms with van der Waals surface area (Å²) in [6, 6.07) is 0. The Morgan fingerprint density at radius 2 is 0.515 bits per heavy atom. The molecule has 0 radical (unpaired) electrons. The highest BCUT2D eigenvalue weighted by molar-refractivity contribution is 7.47. The molecule has 0 bridgehead atoms. The van der Waals surface area contributed by atoms with Crippen molar-refractivity contribution in [2.24, 2.45) is 17.8 Å². The zero-order chi connectivity index (χ0) is 73.0. The van der Waals surface area contributed by atoms with Crippen LogP contribution in [0.1, 0.15) is 414 Å². The molecule has 0 fully saturated rings. The van der Waals surface area contributed by atoms with Crippen molar-refractivity contribution in [3.63, 3.8) is 0 Å². The molecular weight excluding hydrogens is 1290 g/mol. The largest absolute Gasteiger partial charge is 0.472 e. The summed E-state index contributed by atoms with van der Waals surface area (Å²) in [6.45, 7) is 11.9. The van der Waals surface area contributed by atoms with E-state index < -0.39 is 97.5 Å². The maximum Gasteiger partial charge on any atom is 0.472 e. The summed E-state index contributed by atoms with van der Waals surface area (Å²) in [4.78, 5) is 72.9. The van der Waals surface area contributed by atoms with Crippen molar-refractivity contribution in [3.05, 3.63) is 0 Å². The second-order valence-electron chi connectivity index (χ2n) is 30.0. The second-order valence-corrected chi connectivity index (χ2v) is 32.9. The monoisotopic (exact) mass is 1450 g/mol. The van der Waals surface area contributed by atoms with E-state index in [4.69, 9.17) is 37.0 Å². The minimum atomic E-state index is -4.96. The molecule has 0 aliphatic carbocycles. The molecular formula is C80H156O17P2. The maximum absolute atomic E-state index is 13.1. The zero-order valence-electron chi connectivity index (χ0n) is 65.0. The molecule has 0 aromatic heterocycles. The van der Waals surface area contributed by atoms with Crippen molar-refractivity contribution in [2.45, 2.75) is 433 Å². The molecule has 0 aromatic carbocycles. The average molecular weight is 1450 g/mol. The maximum atomic E-state index is 13.1. The number of ether oxygens (including phenoxy) is 4. The van der Waals surface area contributed by atoms with Crippen LogP contribution in [0.15, 0.2) is 0 Å². The third-order valence-electron chi connectivity index (χ3n) is 19.0. The van der Waals surface area contributed by atoms with Gasteiger partial charge >= 0.3 is 39.5 Å². The fraction of sp³-hybridized carbons (Fsp3) is 0.950. The van der Waals surface area contributed by atoms with Crippen molar-refractivity contribution < 1.29 is 80.2 Å². The van der Waals surface area contributed by atoms with Crippen LogP contribution in [-0.4, -0.2) is 96.7 Å². The van der Waals surface area contributed by atoms with Crippen LogP contribution >= 0.6 is 15.6 Å². The average Bonchev–Trinajstić information content (AvgIpc) is 1.04. The molecule has 0 aromatic rings. The van der Waals surface area contributed by atoms with Crippen LogP contribution in [0.3, 0.4) is 0 Å². The van der Waals surface area contributed by atoms with Gasteiger partial charge in [-0.25, -0.2) is 9.13 Å². The van der Waals surface area contributed by atoms with Gasteiger partial charge in [-0.1, -0.05) is 363 Å². The van der Waals surface area contributed by atoms with Gasteiger partial charge in [-0.2, -0.15) is 0 Å². The lowest BCUT2D eigenvalue weighted by Gasteiger charge is -2.21. The summed E-state index contributed by atoms with van der Waals surface area (Å²) in [5, 5.41) is 10.6. The van der Waals surface area contributed by atoms with E-state index in [0.717, 1.165) is 108 Å². The lowest BCUT2D eigenvalue weighted by molar-refractivity contribution is -0.161.